The van der Waals surface area contributed by atoms with Gasteiger partial charge >= 0.3 is 0 Å². The fourth-order valence-corrected chi connectivity index (χ4v) is 1.60. The second-order valence-corrected chi connectivity index (χ2v) is 3.83. The quantitative estimate of drug-likeness (QED) is 0.761. The molecule has 0 heterocycles. The van der Waals surface area contributed by atoms with Gasteiger partial charge in [0.1, 0.15) is 5.75 Å². The van der Waals surface area contributed by atoms with E-state index in [4.69, 9.17) is 16.2 Å². The van der Waals surface area contributed by atoms with Gasteiger partial charge in [0.05, 0.1) is 7.11 Å². The Morgan fingerprint density at radius 2 is 1.93 bits per heavy atom. The highest BCUT2D eigenvalue weighted by atomic mass is 16.5. The van der Waals surface area contributed by atoms with E-state index in [9.17, 15) is 0 Å². The summed E-state index contributed by atoms with van der Waals surface area (Å²) < 4.78 is 5.16. The van der Waals surface area contributed by atoms with Crippen LogP contribution in [0.5, 0.6) is 5.75 Å². The van der Waals surface area contributed by atoms with Crippen LogP contribution in [0.2, 0.25) is 0 Å². The summed E-state index contributed by atoms with van der Waals surface area (Å²) in [4.78, 5) is 0. The number of aryl methyl sites for hydroxylation is 1. The molecule has 0 aliphatic heterocycles. The molecule has 84 valence electrons. The summed E-state index contributed by atoms with van der Waals surface area (Å²) in [5, 5.41) is 0. The zero-order chi connectivity index (χ0) is 11.3. The van der Waals surface area contributed by atoms with Crippen molar-refractivity contribution < 1.29 is 4.74 Å². The number of nitrogens with two attached hydrogens (primary N) is 2. The Labute approximate surface area is 91.4 Å². The van der Waals surface area contributed by atoms with E-state index in [0.29, 0.717) is 19.0 Å². The van der Waals surface area contributed by atoms with Gasteiger partial charge in [0.25, 0.3) is 0 Å². The molecule has 0 amide bonds. The SMILES string of the molecule is COc1ccc(CC(CN)CN)c(C)c1. The molecule has 0 radical (unpaired) electrons. The van der Waals surface area contributed by atoms with Crippen molar-refractivity contribution in [2.75, 3.05) is 20.2 Å². The van der Waals surface area contributed by atoms with Crippen LogP contribution in [-0.4, -0.2) is 20.2 Å². The lowest BCUT2D eigenvalue weighted by Gasteiger charge is -2.14. The molecule has 1 rings (SSSR count). The van der Waals surface area contributed by atoms with E-state index in [1.165, 1.54) is 11.1 Å². The molecule has 1 aromatic rings. The normalized spacial score (nSPS) is 10.7. The Morgan fingerprint density at radius 3 is 2.40 bits per heavy atom. The number of hydrogen-bond donors (Lipinski definition) is 2. The van der Waals surface area contributed by atoms with Crippen molar-refractivity contribution in [1.29, 1.82) is 0 Å². The van der Waals surface area contributed by atoms with Gasteiger partial charge < -0.3 is 16.2 Å². The third kappa shape index (κ3) is 3.22. The van der Waals surface area contributed by atoms with Gasteiger partial charge in [-0.15, -0.1) is 0 Å². The third-order valence-electron chi connectivity index (χ3n) is 2.73. The van der Waals surface area contributed by atoms with Crippen molar-refractivity contribution in [2.24, 2.45) is 17.4 Å². The lowest BCUT2D eigenvalue weighted by atomic mass is 9.96. The van der Waals surface area contributed by atoms with Crippen molar-refractivity contribution in [2.45, 2.75) is 13.3 Å². The average Bonchev–Trinajstić information content (AvgIpc) is 2.27. The fourth-order valence-electron chi connectivity index (χ4n) is 1.60. The fraction of sp³-hybridized carbons (Fsp3) is 0.500. The number of methoxy groups -OCH3 is 1. The lowest BCUT2D eigenvalue weighted by molar-refractivity contribution is 0.414. The van der Waals surface area contributed by atoms with E-state index in [2.05, 4.69) is 13.0 Å². The molecule has 0 aromatic heterocycles. The van der Waals surface area contributed by atoms with Crippen molar-refractivity contribution >= 4 is 0 Å². The van der Waals surface area contributed by atoms with E-state index in [0.717, 1.165) is 12.2 Å². The van der Waals surface area contributed by atoms with Crippen LogP contribution in [-0.2, 0) is 6.42 Å². The van der Waals surface area contributed by atoms with E-state index < -0.39 is 0 Å². The first kappa shape index (κ1) is 12.0. The molecule has 0 unspecified atom stereocenters. The zero-order valence-corrected chi connectivity index (χ0v) is 9.49. The molecule has 0 atom stereocenters. The third-order valence-corrected chi connectivity index (χ3v) is 2.73. The molecule has 0 saturated carbocycles. The van der Waals surface area contributed by atoms with E-state index in [-0.39, 0.29) is 0 Å². The van der Waals surface area contributed by atoms with Gasteiger partial charge in [-0.25, -0.2) is 0 Å². The molecule has 3 heteroatoms. The van der Waals surface area contributed by atoms with Gasteiger partial charge in [0, 0.05) is 0 Å². The topological polar surface area (TPSA) is 61.3 Å². The highest BCUT2D eigenvalue weighted by molar-refractivity contribution is 5.35. The van der Waals surface area contributed by atoms with Crippen LogP contribution in [0.15, 0.2) is 18.2 Å². The molecular formula is C12H20N2O. The number of rotatable bonds is 5. The second kappa shape index (κ2) is 5.73. The molecule has 0 bridgehead atoms. The molecule has 3 nitrogen and oxygen atoms in total. The zero-order valence-electron chi connectivity index (χ0n) is 9.49. The van der Waals surface area contributed by atoms with Crippen LogP contribution in [0.25, 0.3) is 0 Å². The minimum atomic E-state index is 0.372. The van der Waals surface area contributed by atoms with Crippen LogP contribution in [0.4, 0.5) is 0 Å². The maximum Gasteiger partial charge on any atom is 0.119 e. The standard InChI is InChI=1S/C12H20N2O/c1-9-5-12(15-2)4-3-11(9)6-10(7-13)8-14/h3-5,10H,6-8,13-14H2,1-2H3. The van der Waals surface area contributed by atoms with Crippen molar-refractivity contribution in [3.05, 3.63) is 29.3 Å². The minimum Gasteiger partial charge on any atom is -0.497 e. The summed E-state index contributed by atoms with van der Waals surface area (Å²) in [6.07, 6.45) is 0.947. The Morgan fingerprint density at radius 1 is 1.27 bits per heavy atom. The molecule has 0 aliphatic rings. The first-order chi connectivity index (χ1) is 7.21. The molecule has 15 heavy (non-hydrogen) atoms. The van der Waals surface area contributed by atoms with E-state index in [1.807, 2.05) is 12.1 Å². The molecule has 1 aromatic carbocycles. The van der Waals surface area contributed by atoms with E-state index in [1.54, 1.807) is 7.11 Å². The second-order valence-electron chi connectivity index (χ2n) is 3.83. The highest BCUT2D eigenvalue weighted by Crippen LogP contribution is 2.19. The predicted molar refractivity (Wildman–Crippen MR) is 63.0 cm³/mol. The summed E-state index contributed by atoms with van der Waals surface area (Å²) in [7, 11) is 1.68. The van der Waals surface area contributed by atoms with Gasteiger partial charge in [0.15, 0.2) is 0 Å². The summed E-state index contributed by atoms with van der Waals surface area (Å²) in [6.45, 7) is 3.37. The predicted octanol–water partition coefficient (Wildman–Crippen LogP) is 1.08. The van der Waals surface area contributed by atoms with Crippen LogP contribution in [0, 0.1) is 12.8 Å². The van der Waals surface area contributed by atoms with Crippen LogP contribution in [0.3, 0.4) is 0 Å². The monoisotopic (exact) mass is 208 g/mol. The smallest absolute Gasteiger partial charge is 0.119 e. The molecule has 0 spiro atoms. The Hall–Kier alpha value is -1.06. The van der Waals surface area contributed by atoms with Gasteiger partial charge in [-0.1, -0.05) is 6.07 Å². The van der Waals surface area contributed by atoms with Crippen molar-refractivity contribution in [3.63, 3.8) is 0 Å². The Balaban J connectivity index is 2.77. The highest BCUT2D eigenvalue weighted by Gasteiger charge is 2.08. The van der Waals surface area contributed by atoms with Crippen molar-refractivity contribution in [3.8, 4) is 5.75 Å². The summed E-state index contributed by atoms with van der Waals surface area (Å²) in [5.74, 6) is 1.27. The average molecular weight is 208 g/mol. The molecular weight excluding hydrogens is 188 g/mol. The summed E-state index contributed by atoms with van der Waals surface area (Å²) in [5.41, 5.74) is 13.8. The first-order valence-corrected chi connectivity index (χ1v) is 5.25. The van der Waals surface area contributed by atoms with Gasteiger partial charge in [-0.3, -0.25) is 0 Å². The minimum absolute atomic E-state index is 0.372. The lowest BCUT2D eigenvalue weighted by Crippen LogP contribution is -2.25. The largest absolute Gasteiger partial charge is 0.497 e. The van der Waals surface area contributed by atoms with Crippen LogP contribution >= 0.6 is 0 Å². The van der Waals surface area contributed by atoms with Crippen LogP contribution in [0.1, 0.15) is 11.1 Å². The van der Waals surface area contributed by atoms with Gasteiger partial charge in [-0.05, 0) is 55.6 Å². The molecule has 0 fully saturated rings. The van der Waals surface area contributed by atoms with Crippen LogP contribution < -0.4 is 16.2 Å². The number of ether oxygens (including phenoxy) is 1. The van der Waals surface area contributed by atoms with Gasteiger partial charge in [0.2, 0.25) is 0 Å². The summed E-state index contributed by atoms with van der Waals surface area (Å²) in [6, 6.07) is 6.11. The molecule has 0 saturated heterocycles. The van der Waals surface area contributed by atoms with E-state index >= 15 is 0 Å². The Bertz CT molecular complexity index is 308. The molecule has 4 N–H and O–H groups in total. The first-order valence-electron chi connectivity index (χ1n) is 5.25. The maximum absolute atomic E-state index is 5.63. The number of benzene rings is 1. The maximum atomic E-state index is 5.63. The number of hydrogen-bond acceptors (Lipinski definition) is 3. The molecule has 0 aliphatic carbocycles. The van der Waals surface area contributed by atoms with Crippen molar-refractivity contribution in [1.82, 2.24) is 0 Å². The van der Waals surface area contributed by atoms with Gasteiger partial charge in [-0.2, -0.15) is 0 Å². The Kier molecular flexibility index (Phi) is 4.59. The summed E-state index contributed by atoms with van der Waals surface area (Å²) >= 11 is 0.